The molecule has 0 bridgehead atoms. The minimum atomic E-state index is -0.667. The largest absolute Gasteiger partial charge is 0.493 e. The number of nitrogens with two attached hydrogens (primary N) is 1. The molecule has 0 aromatic heterocycles. The van der Waals surface area contributed by atoms with Gasteiger partial charge in [-0.25, -0.2) is 4.39 Å². The molecular weight excluding hydrogens is 221 g/mol. The molecule has 0 amide bonds. The number of hydrogen-bond acceptors (Lipinski definition) is 3. The third-order valence-corrected chi connectivity index (χ3v) is 2.00. The van der Waals surface area contributed by atoms with Gasteiger partial charge in [0.2, 0.25) is 0 Å². The van der Waals surface area contributed by atoms with Gasteiger partial charge in [-0.15, -0.1) is 12.4 Å². The molecule has 1 atom stereocenters. The van der Waals surface area contributed by atoms with Crippen molar-refractivity contribution in [1.82, 2.24) is 0 Å². The van der Waals surface area contributed by atoms with E-state index in [9.17, 15) is 4.39 Å². The van der Waals surface area contributed by atoms with Crippen molar-refractivity contribution in [3.63, 3.8) is 0 Å². The molecule has 0 spiro atoms. The third kappa shape index (κ3) is 2.97. The van der Waals surface area contributed by atoms with E-state index in [-0.39, 0.29) is 12.4 Å². The Kier molecular flexibility index (Phi) is 6.05. The van der Waals surface area contributed by atoms with E-state index in [4.69, 9.17) is 15.2 Å². The van der Waals surface area contributed by atoms with Crippen LogP contribution in [0, 0.1) is 0 Å². The number of ether oxygens (including phenoxy) is 2. The number of alkyl halides is 1. The van der Waals surface area contributed by atoms with E-state index < -0.39 is 12.7 Å². The van der Waals surface area contributed by atoms with Gasteiger partial charge in [-0.1, -0.05) is 12.1 Å². The van der Waals surface area contributed by atoms with Crippen molar-refractivity contribution in [2.75, 3.05) is 20.9 Å². The fourth-order valence-electron chi connectivity index (χ4n) is 1.29. The van der Waals surface area contributed by atoms with Crippen LogP contribution in [0.2, 0.25) is 0 Å². The average molecular weight is 236 g/mol. The molecule has 15 heavy (non-hydrogen) atoms. The highest BCUT2D eigenvalue weighted by Crippen LogP contribution is 2.33. The van der Waals surface area contributed by atoms with Crippen LogP contribution >= 0.6 is 12.4 Å². The Morgan fingerprint density at radius 1 is 1.33 bits per heavy atom. The number of benzene rings is 1. The summed E-state index contributed by atoms with van der Waals surface area (Å²) in [6.07, 6.45) is 0. The van der Waals surface area contributed by atoms with Gasteiger partial charge < -0.3 is 15.2 Å². The van der Waals surface area contributed by atoms with Crippen LogP contribution in [0.1, 0.15) is 11.6 Å². The SMILES string of the molecule is COc1cccc([C@@H](N)CF)c1OC.Cl. The van der Waals surface area contributed by atoms with Gasteiger partial charge in [0.05, 0.1) is 20.3 Å². The van der Waals surface area contributed by atoms with E-state index in [0.29, 0.717) is 17.1 Å². The zero-order valence-corrected chi connectivity index (χ0v) is 9.51. The van der Waals surface area contributed by atoms with E-state index >= 15 is 0 Å². The van der Waals surface area contributed by atoms with E-state index in [0.717, 1.165) is 0 Å². The van der Waals surface area contributed by atoms with Crippen molar-refractivity contribution < 1.29 is 13.9 Å². The second kappa shape index (κ2) is 6.48. The molecule has 0 saturated carbocycles. The standard InChI is InChI=1S/C10H14FNO2.ClH/c1-13-9-5-3-4-7(8(12)6-11)10(9)14-2;/h3-5,8H,6,12H2,1-2H3;1H/t8-;/m0./s1. The highest BCUT2D eigenvalue weighted by Gasteiger charge is 2.15. The summed E-state index contributed by atoms with van der Waals surface area (Å²) in [6.45, 7) is -0.622. The molecule has 0 aliphatic rings. The Bertz CT molecular complexity index is 309. The van der Waals surface area contributed by atoms with Crippen molar-refractivity contribution in [1.29, 1.82) is 0 Å². The lowest BCUT2D eigenvalue weighted by Crippen LogP contribution is -2.13. The van der Waals surface area contributed by atoms with Gasteiger partial charge in [0, 0.05) is 5.56 Å². The molecule has 2 N–H and O–H groups in total. The van der Waals surface area contributed by atoms with Crippen molar-refractivity contribution in [2.45, 2.75) is 6.04 Å². The van der Waals surface area contributed by atoms with Crippen LogP contribution in [0.15, 0.2) is 18.2 Å². The fraction of sp³-hybridized carbons (Fsp3) is 0.400. The van der Waals surface area contributed by atoms with Crippen LogP contribution in [-0.4, -0.2) is 20.9 Å². The lowest BCUT2D eigenvalue weighted by molar-refractivity contribution is 0.344. The first-order chi connectivity index (χ1) is 6.74. The molecule has 0 unspecified atom stereocenters. The molecule has 1 aromatic rings. The van der Waals surface area contributed by atoms with Crippen molar-refractivity contribution in [2.24, 2.45) is 5.73 Å². The van der Waals surface area contributed by atoms with Crippen LogP contribution in [0.5, 0.6) is 11.5 Å². The number of hydrogen-bond donors (Lipinski definition) is 1. The fourth-order valence-corrected chi connectivity index (χ4v) is 1.29. The smallest absolute Gasteiger partial charge is 0.165 e. The number of rotatable bonds is 4. The lowest BCUT2D eigenvalue weighted by atomic mass is 10.1. The molecule has 3 nitrogen and oxygen atoms in total. The van der Waals surface area contributed by atoms with Gasteiger partial charge in [-0.3, -0.25) is 0 Å². The quantitative estimate of drug-likeness (QED) is 0.869. The summed E-state index contributed by atoms with van der Waals surface area (Å²) in [5.74, 6) is 1.06. The zero-order chi connectivity index (χ0) is 10.6. The minimum Gasteiger partial charge on any atom is -0.493 e. The molecule has 0 aliphatic carbocycles. The summed E-state index contributed by atoms with van der Waals surface area (Å²) < 4.78 is 22.6. The van der Waals surface area contributed by atoms with Gasteiger partial charge in [-0.2, -0.15) is 0 Å². The van der Waals surface area contributed by atoms with Gasteiger partial charge in [0.1, 0.15) is 6.67 Å². The summed E-state index contributed by atoms with van der Waals surface area (Å²) in [7, 11) is 3.04. The van der Waals surface area contributed by atoms with E-state index in [1.807, 2.05) is 0 Å². The van der Waals surface area contributed by atoms with Crippen LogP contribution in [0.4, 0.5) is 4.39 Å². The summed E-state index contributed by atoms with van der Waals surface area (Å²) in [5.41, 5.74) is 6.20. The van der Waals surface area contributed by atoms with Gasteiger partial charge in [0.25, 0.3) is 0 Å². The van der Waals surface area contributed by atoms with Crippen LogP contribution < -0.4 is 15.2 Å². The first-order valence-corrected chi connectivity index (χ1v) is 4.27. The van der Waals surface area contributed by atoms with E-state index in [2.05, 4.69) is 0 Å². The summed E-state index contributed by atoms with van der Waals surface area (Å²) >= 11 is 0. The van der Waals surface area contributed by atoms with Crippen molar-refractivity contribution in [3.05, 3.63) is 23.8 Å². The maximum atomic E-state index is 12.4. The molecule has 1 rings (SSSR count). The molecule has 1 aromatic carbocycles. The second-order valence-corrected chi connectivity index (χ2v) is 2.84. The summed E-state index contributed by atoms with van der Waals surface area (Å²) in [5, 5.41) is 0. The Hall–Kier alpha value is -1.00. The number of methoxy groups -OCH3 is 2. The molecule has 0 fully saturated rings. The molecule has 0 heterocycles. The van der Waals surface area contributed by atoms with Crippen molar-refractivity contribution in [3.8, 4) is 11.5 Å². The monoisotopic (exact) mass is 235 g/mol. The molecule has 5 heteroatoms. The maximum Gasteiger partial charge on any atom is 0.165 e. The number of para-hydroxylation sites is 1. The molecular formula is C10H15ClFNO2. The molecule has 0 radical (unpaired) electrons. The van der Waals surface area contributed by atoms with Crippen LogP contribution in [0.3, 0.4) is 0 Å². The Balaban J connectivity index is 0.00000196. The third-order valence-electron chi connectivity index (χ3n) is 2.00. The highest BCUT2D eigenvalue weighted by molar-refractivity contribution is 5.85. The first kappa shape index (κ1) is 14.0. The van der Waals surface area contributed by atoms with Gasteiger partial charge >= 0.3 is 0 Å². The minimum absolute atomic E-state index is 0. The van der Waals surface area contributed by atoms with Crippen molar-refractivity contribution >= 4 is 12.4 Å². The Labute approximate surface area is 94.8 Å². The number of halogens is 2. The average Bonchev–Trinajstić information content (AvgIpc) is 2.26. The summed E-state index contributed by atoms with van der Waals surface area (Å²) in [6, 6.07) is 4.56. The predicted octanol–water partition coefficient (Wildman–Crippen LogP) is 2.09. The predicted molar refractivity (Wildman–Crippen MR) is 59.7 cm³/mol. The van der Waals surface area contributed by atoms with Gasteiger partial charge in [0.15, 0.2) is 11.5 Å². The van der Waals surface area contributed by atoms with Crippen LogP contribution in [0.25, 0.3) is 0 Å². The van der Waals surface area contributed by atoms with E-state index in [1.165, 1.54) is 14.2 Å². The first-order valence-electron chi connectivity index (χ1n) is 4.27. The van der Waals surface area contributed by atoms with Crippen LogP contribution in [-0.2, 0) is 0 Å². The highest BCUT2D eigenvalue weighted by atomic mass is 35.5. The Morgan fingerprint density at radius 3 is 2.47 bits per heavy atom. The van der Waals surface area contributed by atoms with Gasteiger partial charge in [-0.05, 0) is 6.07 Å². The maximum absolute atomic E-state index is 12.4. The molecule has 0 saturated heterocycles. The lowest BCUT2D eigenvalue weighted by Gasteiger charge is -2.15. The molecule has 86 valence electrons. The topological polar surface area (TPSA) is 44.5 Å². The second-order valence-electron chi connectivity index (χ2n) is 2.84. The normalized spacial score (nSPS) is 11.5. The summed E-state index contributed by atoms with van der Waals surface area (Å²) in [4.78, 5) is 0. The van der Waals surface area contributed by atoms with E-state index in [1.54, 1.807) is 18.2 Å². The molecule has 0 aliphatic heterocycles. The zero-order valence-electron chi connectivity index (χ0n) is 8.70. The Morgan fingerprint density at radius 2 is 2.00 bits per heavy atom.